The van der Waals surface area contributed by atoms with Crippen LogP contribution in [0.5, 0.6) is 0 Å². The third kappa shape index (κ3) is 3.45. The van der Waals surface area contributed by atoms with Gasteiger partial charge < -0.3 is 10.4 Å². The van der Waals surface area contributed by atoms with Gasteiger partial charge in [-0.05, 0) is 36.8 Å². The Morgan fingerprint density at radius 1 is 1.10 bits per heavy atom. The van der Waals surface area contributed by atoms with Crippen LogP contribution < -0.4 is 5.32 Å². The molecule has 0 aromatic heterocycles. The summed E-state index contributed by atoms with van der Waals surface area (Å²) in [5, 5.41) is 11.7. The minimum Gasteiger partial charge on any atom is -0.478 e. The average Bonchev–Trinajstić information content (AvgIpc) is 2.47. The molecule has 2 rings (SSSR count). The maximum absolute atomic E-state index is 13.2. The number of nitrogens with one attached hydrogen (secondary N) is 1. The molecule has 0 aliphatic carbocycles. The Labute approximate surface area is 121 Å². The lowest BCUT2D eigenvalue weighted by atomic mass is 10.0. The summed E-state index contributed by atoms with van der Waals surface area (Å²) in [6.45, 7) is 1.70. The third-order valence-electron chi connectivity index (χ3n) is 3.10. The van der Waals surface area contributed by atoms with Crippen molar-refractivity contribution in [2.45, 2.75) is 13.0 Å². The summed E-state index contributed by atoms with van der Waals surface area (Å²) in [4.78, 5) is 23.3. The second-order valence-corrected chi connectivity index (χ2v) is 4.60. The maximum atomic E-state index is 13.2. The molecule has 0 fully saturated rings. The molecule has 0 radical (unpaired) electrons. The largest absolute Gasteiger partial charge is 0.478 e. The maximum Gasteiger partial charge on any atom is 0.336 e. The lowest BCUT2D eigenvalue weighted by Crippen LogP contribution is -2.28. The Morgan fingerprint density at radius 3 is 2.38 bits per heavy atom. The van der Waals surface area contributed by atoms with Crippen LogP contribution in [0.15, 0.2) is 48.5 Å². The Bertz CT molecular complexity index is 685. The lowest BCUT2D eigenvalue weighted by molar-refractivity contribution is 0.0690. The highest BCUT2D eigenvalue weighted by Gasteiger charge is 2.18. The normalized spacial score (nSPS) is 11.7. The Hall–Kier alpha value is -2.69. The monoisotopic (exact) mass is 287 g/mol. The van der Waals surface area contributed by atoms with Gasteiger partial charge >= 0.3 is 5.97 Å². The highest BCUT2D eigenvalue weighted by molar-refractivity contribution is 6.04. The Balaban J connectivity index is 2.20. The number of hydrogen-bond donors (Lipinski definition) is 2. The van der Waals surface area contributed by atoms with Gasteiger partial charge in [0.15, 0.2) is 0 Å². The molecule has 0 saturated heterocycles. The van der Waals surface area contributed by atoms with Gasteiger partial charge in [0.1, 0.15) is 5.82 Å². The second kappa shape index (κ2) is 6.17. The van der Waals surface area contributed by atoms with E-state index in [0.717, 1.165) is 0 Å². The van der Waals surface area contributed by atoms with Gasteiger partial charge in [-0.25, -0.2) is 9.18 Å². The van der Waals surface area contributed by atoms with Crippen LogP contribution in [0.2, 0.25) is 0 Å². The Morgan fingerprint density at radius 2 is 1.76 bits per heavy atom. The SMILES string of the molecule is C[C@@H](NC(=O)c1ccccc1C(=O)O)c1cccc(F)c1. The molecule has 0 aliphatic rings. The van der Waals surface area contributed by atoms with Crippen LogP contribution in [-0.4, -0.2) is 17.0 Å². The number of benzene rings is 2. The van der Waals surface area contributed by atoms with Gasteiger partial charge in [-0.2, -0.15) is 0 Å². The van der Waals surface area contributed by atoms with Crippen LogP contribution in [0.3, 0.4) is 0 Å². The molecular weight excluding hydrogens is 273 g/mol. The van der Waals surface area contributed by atoms with E-state index < -0.39 is 17.9 Å². The van der Waals surface area contributed by atoms with Crippen LogP contribution in [0.4, 0.5) is 4.39 Å². The van der Waals surface area contributed by atoms with E-state index in [1.165, 1.54) is 24.3 Å². The van der Waals surface area contributed by atoms with Gasteiger partial charge in [-0.3, -0.25) is 4.79 Å². The first-order chi connectivity index (χ1) is 9.99. The van der Waals surface area contributed by atoms with Gasteiger partial charge in [0.05, 0.1) is 17.2 Å². The minimum absolute atomic E-state index is 0.0681. The molecule has 0 spiro atoms. The number of amides is 1. The van der Waals surface area contributed by atoms with Crippen molar-refractivity contribution in [1.82, 2.24) is 5.32 Å². The van der Waals surface area contributed by atoms with Crippen LogP contribution in [-0.2, 0) is 0 Å². The zero-order valence-corrected chi connectivity index (χ0v) is 11.3. The van der Waals surface area contributed by atoms with Crippen molar-refractivity contribution in [3.63, 3.8) is 0 Å². The number of carboxylic acids is 1. The fraction of sp³-hybridized carbons (Fsp3) is 0.125. The number of carbonyl (C=O) groups is 2. The number of hydrogen-bond acceptors (Lipinski definition) is 2. The fourth-order valence-electron chi connectivity index (χ4n) is 2.00. The molecule has 2 aromatic rings. The highest BCUT2D eigenvalue weighted by atomic mass is 19.1. The summed E-state index contributed by atoms with van der Waals surface area (Å²) in [5.74, 6) is -2.07. The van der Waals surface area contributed by atoms with Crippen molar-refractivity contribution in [2.75, 3.05) is 0 Å². The number of halogens is 1. The van der Waals surface area contributed by atoms with E-state index in [1.54, 1.807) is 31.2 Å². The first kappa shape index (κ1) is 14.7. The molecule has 1 amide bonds. The first-order valence-corrected chi connectivity index (χ1v) is 6.37. The number of rotatable bonds is 4. The lowest BCUT2D eigenvalue weighted by Gasteiger charge is -2.15. The minimum atomic E-state index is -1.17. The van der Waals surface area contributed by atoms with E-state index in [1.807, 2.05) is 0 Å². The number of aromatic carboxylic acids is 1. The van der Waals surface area contributed by atoms with Crippen LogP contribution in [0.1, 0.15) is 39.2 Å². The van der Waals surface area contributed by atoms with Crippen LogP contribution in [0.25, 0.3) is 0 Å². The number of carbonyl (C=O) groups excluding carboxylic acids is 1. The summed E-state index contributed by atoms with van der Waals surface area (Å²) >= 11 is 0. The van der Waals surface area contributed by atoms with E-state index >= 15 is 0 Å². The molecule has 0 bridgehead atoms. The first-order valence-electron chi connectivity index (χ1n) is 6.37. The molecule has 21 heavy (non-hydrogen) atoms. The molecule has 4 nitrogen and oxygen atoms in total. The average molecular weight is 287 g/mol. The summed E-state index contributed by atoms with van der Waals surface area (Å²) < 4.78 is 13.2. The van der Waals surface area contributed by atoms with Crippen molar-refractivity contribution in [1.29, 1.82) is 0 Å². The van der Waals surface area contributed by atoms with Crippen molar-refractivity contribution in [2.24, 2.45) is 0 Å². The molecule has 0 heterocycles. The summed E-state index contributed by atoms with van der Waals surface area (Å²) in [7, 11) is 0. The Kier molecular flexibility index (Phi) is 4.33. The van der Waals surface area contributed by atoms with Crippen molar-refractivity contribution >= 4 is 11.9 Å². The van der Waals surface area contributed by atoms with Gasteiger partial charge in [0, 0.05) is 0 Å². The predicted molar refractivity (Wildman–Crippen MR) is 75.7 cm³/mol. The van der Waals surface area contributed by atoms with E-state index in [-0.39, 0.29) is 16.9 Å². The van der Waals surface area contributed by atoms with E-state index in [0.29, 0.717) is 5.56 Å². The second-order valence-electron chi connectivity index (χ2n) is 4.60. The molecule has 1 atom stereocenters. The summed E-state index contributed by atoms with van der Waals surface area (Å²) in [5.41, 5.74) is 0.617. The van der Waals surface area contributed by atoms with Crippen LogP contribution >= 0.6 is 0 Å². The van der Waals surface area contributed by atoms with Gasteiger partial charge in [0.25, 0.3) is 5.91 Å². The summed E-state index contributed by atoms with van der Waals surface area (Å²) in [6.07, 6.45) is 0. The topological polar surface area (TPSA) is 66.4 Å². The van der Waals surface area contributed by atoms with E-state index in [4.69, 9.17) is 5.11 Å². The van der Waals surface area contributed by atoms with E-state index in [2.05, 4.69) is 5.32 Å². The van der Waals surface area contributed by atoms with E-state index in [9.17, 15) is 14.0 Å². The molecule has 2 N–H and O–H groups in total. The molecule has 0 aliphatic heterocycles. The molecule has 2 aromatic carbocycles. The van der Waals surface area contributed by atoms with Crippen molar-refractivity contribution < 1.29 is 19.1 Å². The molecule has 0 unspecified atom stereocenters. The van der Waals surface area contributed by atoms with Crippen molar-refractivity contribution in [3.8, 4) is 0 Å². The zero-order chi connectivity index (χ0) is 15.4. The predicted octanol–water partition coefficient (Wildman–Crippen LogP) is 3.01. The molecule has 0 saturated carbocycles. The zero-order valence-electron chi connectivity index (χ0n) is 11.3. The van der Waals surface area contributed by atoms with Gasteiger partial charge in [-0.15, -0.1) is 0 Å². The van der Waals surface area contributed by atoms with Crippen LogP contribution in [0, 0.1) is 5.82 Å². The van der Waals surface area contributed by atoms with Gasteiger partial charge in [0.2, 0.25) is 0 Å². The van der Waals surface area contributed by atoms with Gasteiger partial charge in [-0.1, -0.05) is 24.3 Å². The number of carboxylic acid groups (broad SMARTS) is 1. The smallest absolute Gasteiger partial charge is 0.336 e. The molecular formula is C16H14FNO3. The standard InChI is InChI=1S/C16H14FNO3/c1-10(11-5-4-6-12(17)9-11)18-15(19)13-7-2-3-8-14(13)16(20)21/h2-10H,1H3,(H,18,19)(H,20,21)/t10-/m1/s1. The highest BCUT2D eigenvalue weighted by Crippen LogP contribution is 2.15. The van der Waals surface area contributed by atoms with Crippen molar-refractivity contribution in [3.05, 3.63) is 71.0 Å². The molecule has 108 valence electrons. The quantitative estimate of drug-likeness (QED) is 0.908. The summed E-state index contributed by atoms with van der Waals surface area (Å²) in [6, 6.07) is 11.4. The third-order valence-corrected chi connectivity index (χ3v) is 3.10. The molecule has 5 heteroatoms. The fourth-order valence-corrected chi connectivity index (χ4v) is 2.00.